The summed E-state index contributed by atoms with van der Waals surface area (Å²) >= 11 is 0. The first-order valence-electron chi connectivity index (χ1n) is 7.60. The van der Waals surface area contributed by atoms with Crippen LogP contribution in [-0.2, 0) is 0 Å². The van der Waals surface area contributed by atoms with Gasteiger partial charge in [-0.25, -0.2) is 0 Å². The summed E-state index contributed by atoms with van der Waals surface area (Å²) < 4.78 is 0. The van der Waals surface area contributed by atoms with E-state index < -0.39 is 0 Å². The lowest BCUT2D eigenvalue weighted by Gasteiger charge is -2.24. The smallest absolute Gasteiger partial charge is 0.0692 e. The lowest BCUT2D eigenvalue weighted by Crippen LogP contribution is -2.34. The number of benzene rings is 1. The maximum absolute atomic E-state index is 10.2. The van der Waals surface area contributed by atoms with Gasteiger partial charge in [0.25, 0.3) is 0 Å². The minimum absolute atomic E-state index is 0.241. The summed E-state index contributed by atoms with van der Waals surface area (Å²) in [5.41, 5.74) is 2.60. The maximum Gasteiger partial charge on any atom is 0.0692 e. The van der Waals surface area contributed by atoms with Gasteiger partial charge in [-0.2, -0.15) is 0 Å². The summed E-state index contributed by atoms with van der Waals surface area (Å²) in [4.78, 5) is 0. The minimum Gasteiger partial charge on any atom is -0.392 e. The topological polar surface area (TPSA) is 32.3 Å². The van der Waals surface area contributed by atoms with E-state index in [0.717, 1.165) is 19.3 Å². The van der Waals surface area contributed by atoms with Gasteiger partial charge < -0.3 is 10.4 Å². The van der Waals surface area contributed by atoms with Crippen molar-refractivity contribution in [2.24, 2.45) is 5.92 Å². The molecule has 0 aromatic heterocycles. The van der Waals surface area contributed by atoms with Gasteiger partial charge in [0, 0.05) is 12.6 Å². The second-order valence-electron chi connectivity index (χ2n) is 5.42. The normalized spacial score (nSPS) is 14.6. The third kappa shape index (κ3) is 4.96. The number of aliphatic hydroxyl groups is 1. The molecule has 0 spiro atoms. The second-order valence-corrected chi connectivity index (χ2v) is 5.42. The molecule has 0 radical (unpaired) electrons. The van der Waals surface area contributed by atoms with E-state index in [1.54, 1.807) is 0 Å². The lowest BCUT2D eigenvalue weighted by atomic mass is 9.95. The predicted molar refractivity (Wildman–Crippen MR) is 82.3 cm³/mol. The number of hydrogen-bond acceptors (Lipinski definition) is 2. The highest BCUT2D eigenvalue weighted by atomic mass is 16.3. The Hall–Kier alpha value is -0.860. The van der Waals surface area contributed by atoms with Gasteiger partial charge in [0.1, 0.15) is 0 Å². The minimum atomic E-state index is -0.241. The van der Waals surface area contributed by atoms with E-state index in [9.17, 15) is 5.11 Å². The molecule has 0 heterocycles. The van der Waals surface area contributed by atoms with Gasteiger partial charge in [-0.3, -0.25) is 0 Å². The summed E-state index contributed by atoms with van der Waals surface area (Å²) in [7, 11) is 0. The van der Waals surface area contributed by atoms with Gasteiger partial charge >= 0.3 is 0 Å². The SMILES string of the molecule is CCC(NCC(O)C(CC)CC)c1ccc(C)cc1. The van der Waals surface area contributed by atoms with E-state index in [4.69, 9.17) is 0 Å². The fraction of sp³-hybridized carbons (Fsp3) is 0.647. The zero-order chi connectivity index (χ0) is 14.3. The van der Waals surface area contributed by atoms with Gasteiger partial charge in [-0.1, -0.05) is 63.4 Å². The summed E-state index contributed by atoms with van der Waals surface area (Å²) in [5, 5.41) is 13.7. The Morgan fingerprint density at radius 1 is 1.00 bits per heavy atom. The van der Waals surface area contributed by atoms with Gasteiger partial charge in [-0.05, 0) is 24.8 Å². The van der Waals surface area contributed by atoms with Crippen LogP contribution in [0.15, 0.2) is 24.3 Å². The van der Waals surface area contributed by atoms with Crippen LogP contribution in [0.2, 0.25) is 0 Å². The van der Waals surface area contributed by atoms with Crippen molar-refractivity contribution in [3.05, 3.63) is 35.4 Å². The molecule has 0 amide bonds. The molecule has 1 aromatic rings. The molecule has 0 aliphatic heterocycles. The monoisotopic (exact) mass is 263 g/mol. The Balaban J connectivity index is 2.55. The molecule has 2 N–H and O–H groups in total. The van der Waals surface area contributed by atoms with Gasteiger partial charge in [-0.15, -0.1) is 0 Å². The summed E-state index contributed by atoms with van der Waals surface area (Å²) in [6.45, 7) is 9.26. The van der Waals surface area contributed by atoms with E-state index >= 15 is 0 Å². The van der Waals surface area contributed by atoms with Crippen LogP contribution < -0.4 is 5.32 Å². The van der Waals surface area contributed by atoms with Crippen molar-refractivity contribution in [1.82, 2.24) is 5.32 Å². The Labute approximate surface area is 118 Å². The van der Waals surface area contributed by atoms with E-state index in [-0.39, 0.29) is 6.10 Å². The first kappa shape index (κ1) is 16.2. The van der Waals surface area contributed by atoms with Crippen LogP contribution in [0.3, 0.4) is 0 Å². The predicted octanol–water partition coefficient (Wildman–Crippen LogP) is 3.83. The van der Waals surface area contributed by atoms with Crippen molar-refractivity contribution >= 4 is 0 Å². The van der Waals surface area contributed by atoms with E-state index in [0.29, 0.717) is 18.5 Å². The average Bonchev–Trinajstić information content (AvgIpc) is 2.42. The van der Waals surface area contributed by atoms with Gasteiger partial charge in [0.2, 0.25) is 0 Å². The molecule has 2 nitrogen and oxygen atoms in total. The van der Waals surface area contributed by atoms with Crippen LogP contribution in [0.5, 0.6) is 0 Å². The number of nitrogens with one attached hydrogen (secondary N) is 1. The maximum atomic E-state index is 10.2. The largest absolute Gasteiger partial charge is 0.392 e. The Morgan fingerprint density at radius 3 is 2.05 bits per heavy atom. The molecule has 0 aliphatic rings. The van der Waals surface area contributed by atoms with E-state index in [1.807, 2.05) is 0 Å². The van der Waals surface area contributed by atoms with Crippen molar-refractivity contribution in [1.29, 1.82) is 0 Å². The molecule has 108 valence electrons. The third-order valence-corrected chi connectivity index (χ3v) is 4.05. The van der Waals surface area contributed by atoms with Crippen molar-refractivity contribution < 1.29 is 5.11 Å². The van der Waals surface area contributed by atoms with Crippen molar-refractivity contribution in [3.8, 4) is 0 Å². The molecule has 19 heavy (non-hydrogen) atoms. The quantitative estimate of drug-likeness (QED) is 0.747. The Bertz CT molecular complexity index is 343. The van der Waals surface area contributed by atoms with Crippen molar-refractivity contribution in [2.45, 2.75) is 59.1 Å². The number of rotatable bonds is 8. The second kappa shape index (κ2) is 8.34. The molecular weight excluding hydrogens is 234 g/mol. The molecular formula is C17H29NO. The van der Waals surface area contributed by atoms with Crippen LogP contribution in [0.4, 0.5) is 0 Å². The standard InChI is InChI=1S/C17H29NO/c1-5-14(6-2)17(19)12-18-16(7-3)15-10-8-13(4)9-11-15/h8-11,14,16-19H,5-7,12H2,1-4H3. The first-order chi connectivity index (χ1) is 9.12. The fourth-order valence-electron chi connectivity index (χ4n) is 2.56. The molecule has 2 heteroatoms. The number of aryl methyl sites for hydroxylation is 1. The summed E-state index contributed by atoms with van der Waals surface area (Å²) in [6, 6.07) is 9.00. The van der Waals surface area contributed by atoms with Crippen LogP contribution in [0.1, 0.15) is 57.2 Å². The first-order valence-corrected chi connectivity index (χ1v) is 7.60. The van der Waals surface area contributed by atoms with Gasteiger partial charge in [0.05, 0.1) is 6.10 Å². The summed E-state index contributed by atoms with van der Waals surface area (Å²) in [6.07, 6.45) is 2.88. The molecule has 0 bridgehead atoms. The third-order valence-electron chi connectivity index (χ3n) is 4.05. The molecule has 0 aliphatic carbocycles. The highest BCUT2D eigenvalue weighted by molar-refractivity contribution is 5.24. The molecule has 2 atom stereocenters. The van der Waals surface area contributed by atoms with E-state index in [2.05, 4.69) is 57.3 Å². The zero-order valence-corrected chi connectivity index (χ0v) is 12.8. The highest BCUT2D eigenvalue weighted by Crippen LogP contribution is 2.18. The van der Waals surface area contributed by atoms with Gasteiger partial charge in [0.15, 0.2) is 0 Å². The van der Waals surface area contributed by atoms with Crippen LogP contribution >= 0.6 is 0 Å². The lowest BCUT2D eigenvalue weighted by molar-refractivity contribution is 0.0981. The van der Waals surface area contributed by atoms with E-state index in [1.165, 1.54) is 11.1 Å². The molecule has 0 fully saturated rings. The van der Waals surface area contributed by atoms with Crippen LogP contribution in [-0.4, -0.2) is 17.8 Å². The molecule has 0 saturated carbocycles. The average molecular weight is 263 g/mol. The molecule has 1 aromatic carbocycles. The Morgan fingerprint density at radius 2 is 1.58 bits per heavy atom. The fourth-order valence-corrected chi connectivity index (χ4v) is 2.56. The number of aliphatic hydroxyl groups excluding tert-OH is 1. The summed E-state index contributed by atoms with van der Waals surface area (Å²) in [5.74, 6) is 0.406. The Kier molecular flexibility index (Phi) is 7.11. The van der Waals surface area contributed by atoms with Crippen LogP contribution in [0.25, 0.3) is 0 Å². The molecule has 1 rings (SSSR count). The molecule has 2 unspecified atom stereocenters. The highest BCUT2D eigenvalue weighted by Gasteiger charge is 2.17. The van der Waals surface area contributed by atoms with Crippen molar-refractivity contribution in [3.63, 3.8) is 0 Å². The molecule has 0 saturated heterocycles. The zero-order valence-electron chi connectivity index (χ0n) is 12.8. The number of hydrogen-bond donors (Lipinski definition) is 2. The van der Waals surface area contributed by atoms with Crippen molar-refractivity contribution in [2.75, 3.05) is 6.54 Å². The van der Waals surface area contributed by atoms with Crippen LogP contribution in [0, 0.1) is 12.8 Å².